The van der Waals surface area contributed by atoms with Crippen LogP contribution in [0.4, 0.5) is 0 Å². The molecule has 1 heterocycles. The Morgan fingerprint density at radius 1 is 1.00 bits per heavy atom. The van der Waals surface area contributed by atoms with Crippen LogP contribution in [0.1, 0.15) is 43.2 Å². The Morgan fingerprint density at radius 3 is 2.66 bits per heavy atom. The molecule has 1 saturated carbocycles. The number of benzene rings is 2. The second-order valence-corrected chi connectivity index (χ2v) is 8.06. The van der Waals surface area contributed by atoms with Gasteiger partial charge in [-0.05, 0) is 86.2 Å². The number of pyridine rings is 1. The summed E-state index contributed by atoms with van der Waals surface area (Å²) in [6.45, 7) is 3.51. The van der Waals surface area contributed by atoms with Crippen molar-refractivity contribution in [2.45, 2.75) is 45.4 Å². The van der Waals surface area contributed by atoms with E-state index < -0.39 is 0 Å². The van der Waals surface area contributed by atoms with E-state index in [0.29, 0.717) is 18.3 Å². The van der Waals surface area contributed by atoms with Crippen molar-refractivity contribution >= 4 is 10.9 Å². The van der Waals surface area contributed by atoms with Crippen molar-refractivity contribution < 1.29 is 9.47 Å². The van der Waals surface area contributed by atoms with Crippen molar-refractivity contribution in [3.63, 3.8) is 0 Å². The van der Waals surface area contributed by atoms with Gasteiger partial charge >= 0.3 is 0 Å². The van der Waals surface area contributed by atoms with Crippen molar-refractivity contribution in [2.24, 2.45) is 11.7 Å². The number of nitrogens with zero attached hydrogens (tertiary/aromatic N) is 1. The van der Waals surface area contributed by atoms with Crippen molar-refractivity contribution in [1.82, 2.24) is 4.98 Å². The molecule has 4 heteroatoms. The number of aryl methyl sites for hydroxylation is 1. The fraction of sp³-hybridized carbons (Fsp3) is 0.400. The minimum Gasteiger partial charge on any atom is -0.493 e. The van der Waals surface area contributed by atoms with Crippen molar-refractivity contribution in [1.29, 1.82) is 0 Å². The topological polar surface area (TPSA) is 57.4 Å². The molecular weight excluding hydrogens is 360 g/mol. The molecular formula is C25H30N2O2. The summed E-state index contributed by atoms with van der Waals surface area (Å²) >= 11 is 0. The zero-order valence-corrected chi connectivity index (χ0v) is 17.2. The number of hydrogen-bond acceptors (Lipinski definition) is 4. The zero-order chi connectivity index (χ0) is 20.1. The summed E-state index contributed by atoms with van der Waals surface area (Å²) in [5.41, 5.74) is 8.86. The molecule has 2 aromatic carbocycles. The van der Waals surface area contributed by atoms with Crippen LogP contribution < -0.4 is 15.2 Å². The number of ether oxygens (including phenoxy) is 2. The second-order valence-electron chi connectivity index (χ2n) is 8.06. The molecule has 3 aromatic rings. The van der Waals surface area contributed by atoms with Crippen molar-refractivity contribution in [3.05, 3.63) is 59.7 Å². The first-order chi connectivity index (χ1) is 14.2. The summed E-state index contributed by atoms with van der Waals surface area (Å²) in [5, 5.41) is 1.10. The van der Waals surface area contributed by atoms with Gasteiger partial charge in [0.05, 0.1) is 12.1 Å². The smallest absolute Gasteiger partial charge is 0.219 e. The molecule has 0 amide bonds. The minimum absolute atomic E-state index is 0.600. The largest absolute Gasteiger partial charge is 0.493 e. The Morgan fingerprint density at radius 2 is 1.86 bits per heavy atom. The van der Waals surface area contributed by atoms with Crippen LogP contribution in [0, 0.1) is 12.8 Å². The van der Waals surface area contributed by atoms with Gasteiger partial charge in [0, 0.05) is 11.5 Å². The molecule has 0 saturated heterocycles. The molecule has 0 spiro atoms. The molecule has 1 aliphatic rings. The lowest BCUT2D eigenvalue weighted by atomic mass is 9.90. The third-order valence-electron chi connectivity index (χ3n) is 5.73. The number of hydrogen-bond donors (Lipinski definition) is 1. The van der Waals surface area contributed by atoms with E-state index >= 15 is 0 Å². The van der Waals surface area contributed by atoms with Gasteiger partial charge in [0.1, 0.15) is 11.5 Å². The molecule has 0 unspecified atom stereocenters. The van der Waals surface area contributed by atoms with Crippen molar-refractivity contribution in [3.8, 4) is 17.4 Å². The van der Waals surface area contributed by atoms with Crippen LogP contribution in [0.25, 0.3) is 10.9 Å². The molecule has 1 aliphatic carbocycles. The summed E-state index contributed by atoms with van der Waals surface area (Å²) in [6, 6.07) is 16.2. The Balaban J connectivity index is 1.42. The summed E-state index contributed by atoms with van der Waals surface area (Å²) in [7, 11) is 0. The van der Waals surface area contributed by atoms with Gasteiger partial charge in [0.15, 0.2) is 0 Å². The molecule has 4 nitrogen and oxygen atoms in total. The zero-order valence-electron chi connectivity index (χ0n) is 17.2. The van der Waals surface area contributed by atoms with Gasteiger partial charge in [-0.1, -0.05) is 25.3 Å². The fourth-order valence-corrected chi connectivity index (χ4v) is 4.04. The molecule has 2 N–H and O–H groups in total. The summed E-state index contributed by atoms with van der Waals surface area (Å²) in [6.07, 6.45) is 7.52. The van der Waals surface area contributed by atoms with E-state index in [2.05, 4.69) is 29.2 Å². The quantitative estimate of drug-likeness (QED) is 0.554. The van der Waals surface area contributed by atoms with Crippen LogP contribution in [0.15, 0.2) is 48.5 Å². The highest BCUT2D eigenvalue weighted by Gasteiger charge is 2.14. The van der Waals surface area contributed by atoms with Crippen LogP contribution in [-0.4, -0.2) is 18.1 Å². The predicted molar refractivity (Wildman–Crippen MR) is 118 cm³/mol. The Bertz CT molecular complexity index is 964. The first-order valence-electron chi connectivity index (χ1n) is 10.7. The Hall–Kier alpha value is -2.59. The van der Waals surface area contributed by atoms with E-state index in [1.807, 2.05) is 31.2 Å². The molecule has 1 aromatic heterocycles. The molecule has 0 atom stereocenters. The maximum atomic E-state index is 6.06. The second kappa shape index (κ2) is 9.27. The number of aromatic nitrogens is 1. The fourth-order valence-electron chi connectivity index (χ4n) is 4.04. The number of rotatable bonds is 7. The van der Waals surface area contributed by atoms with Gasteiger partial charge < -0.3 is 15.2 Å². The highest BCUT2D eigenvalue weighted by atomic mass is 16.5. The monoisotopic (exact) mass is 390 g/mol. The van der Waals surface area contributed by atoms with Gasteiger partial charge in [-0.15, -0.1) is 0 Å². The van der Waals surface area contributed by atoms with E-state index in [9.17, 15) is 0 Å². The lowest BCUT2D eigenvalue weighted by molar-refractivity contribution is 0.208. The van der Waals surface area contributed by atoms with Gasteiger partial charge in [-0.25, -0.2) is 4.98 Å². The summed E-state index contributed by atoms with van der Waals surface area (Å²) < 4.78 is 12.1. The van der Waals surface area contributed by atoms with Crippen LogP contribution in [-0.2, 0) is 6.42 Å². The average molecular weight is 391 g/mol. The summed E-state index contributed by atoms with van der Waals surface area (Å²) in [4.78, 5) is 4.65. The van der Waals surface area contributed by atoms with Gasteiger partial charge in [-0.3, -0.25) is 0 Å². The highest BCUT2D eigenvalue weighted by Crippen LogP contribution is 2.30. The normalized spacial score (nSPS) is 14.8. The number of nitrogens with two attached hydrogens (primary N) is 1. The standard InChI is InChI=1S/C25H30N2O2/c1-18-15-22(28-17-20-5-3-2-4-6-20)9-11-24(18)29-25-12-8-21-16-19(13-14-26)7-10-23(21)27-25/h7-12,15-16,20H,2-6,13-14,17,26H2,1H3. The van der Waals surface area contributed by atoms with Gasteiger partial charge in [0.25, 0.3) is 0 Å². The molecule has 0 bridgehead atoms. The Kier molecular flexibility index (Phi) is 6.30. The van der Waals surface area contributed by atoms with Crippen LogP contribution in [0.3, 0.4) is 0 Å². The predicted octanol–water partition coefficient (Wildman–Crippen LogP) is 5.80. The first-order valence-corrected chi connectivity index (χ1v) is 10.7. The maximum absolute atomic E-state index is 6.06. The van der Waals surface area contributed by atoms with Gasteiger partial charge in [0.2, 0.25) is 5.88 Å². The van der Waals surface area contributed by atoms with Crippen LogP contribution in [0.5, 0.6) is 17.4 Å². The summed E-state index contributed by atoms with van der Waals surface area (Å²) in [5.74, 6) is 3.02. The van der Waals surface area contributed by atoms with Crippen LogP contribution >= 0.6 is 0 Å². The van der Waals surface area contributed by atoms with E-state index in [1.54, 1.807) is 0 Å². The third kappa shape index (κ3) is 5.07. The molecule has 4 rings (SSSR count). The van der Waals surface area contributed by atoms with E-state index in [-0.39, 0.29) is 0 Å². The Labute approximate surface area is 173 Å². The SMILES string of the molecule is Cc1cc(OCC2CCCCC2)ccc1Oc1ccc2cc(CCN)ccc2n1. The third-order valence-corrected chi connectivity index (χ3v) is 5.73. The highest BCUT2D eigenvalue weighted by molar-refractivity contribution is 5.79. The van der Waals surface area contributed by atoms with Crippen LogP contribution in [0.2, 0.25) is 0 Å². The molecule has 1 fully saturated rings. The average Bonchev–Trinajstić information content (AvgIpc) is 2.75. The minimum atomic E-state index is 0.600. The molecule has 152 valence electrons. The lowest BCUT2D eigenvalue weighted by Gasteiger charge is -2.21. The van der Waals surface area contributed by atoms with E-state index in [4.69, 9.17) is 15.2 Å². The molecule has 0 radical (unpaired) electrons. The molecule has 0 aliphatic heterocycles. The van der Waals surface area contributed by atoms with Gasteiger partial charge in [-0.2, -0.15) is 0 Å². The molecule has 29 heavy (non-hydrogen) atoms. The van der Waals surface area contributed by atoms with E-state index in [0.717, 1.165) is 41.0 Å². The number of fused-ring (bicyclic) bond motifs is 1. The maximum Gasteiger partial charge on any atom is 0.219 e. The van der Waals surface area contributed by atoms with E-state index in [1.165, 1.54) is 37.7 Å². The lowest BCUT2D eigenvalue weighted by Crippen LogP contribution is -2.15. The first kappa shape index (κ1) is 19.7. The van der Waals surface area contributed by atoms with Crippen molar-refractivity contribution in [2.75, 3.05) is 13.2 Å².